The molecule has 0 radical (unpaired) electrons. The summed E-state index contributed by atoms with van der Waals surface area (Å²) in [6.07, 6.45) is 5.94. The number of hydrogen-bond acceptors (Lipinski definition) is 9. The maximum Gasteiger partial charge on any atom is 0.408 e. The quantitative estimate of drug-likeness (QED) is 0.294. The summed E-state index contributed by atoms with van der Waals surface area (Å²) in [6.45, 7) is 10.6. The van der Waals surface area contributed by atoms with Gasteiger partial charge in [0.05, 0.1) is 18.0 Å². The molecular formula is C33H44ClN7O7S. The lowest BCUT2D eigenvalue weighted by atomic mass is 9.85. The maximum atomic E-state index is 14.4. The Kier molecular flexibility index (Phi) is 10.4. The molecule has 3 fully saturated rings. The highest BCUT2D eigenvalue weighted by molar-refractivity contribution is 7.90. The van der Waals surface area contributed by atoms with E-state index < -0.39 is 68.8 Å². The van der Waals surface area contributed by atoms with Gasteiger partial charge in [-0.2, -0.15) is 0 Å². The minimum absolute atomic E-state index is 0.0372. The standard InChI is InChI=1S/C33H44ClN7O7S/c1-6-21-17-33(21,30(44)38-49(46,47)7-2)36-28(42)26-16-23(41-19-25(37-39-41)20-11-10-12-22(34)15-20)18-40(26)29(43)27(32(3,4)5)35-31(45)48-24-13-8-9-14-24/h6,10-12,15,19,21,23-24,26-27H,1,7-9,13-14,16-18H2,2-5H3,(H,35,45)(H,36,42)(H,38,44)/t21-,23-,26+,27-,33-/m1/s1. The largest absolute Gasteiger partial charge is 0.446 e. The van der Waals surface area contributed by atoms with Gasteiger partial charge in [0.25, 0.3) is 5.91 Å². The van der Waals surface area contributed by atoms with Gasteiger partial charge in [0.2, 0.25) is 21.8 Å². The number of aromatic nitrogens is 3. The SMILES string of the molecule is C=C[C@@H]1C[C@]1(NC(=O)[C@@H]1C[C@@H](n2cc(-c3cccc(Cl)c3)nn2)CN1C(=O)[C@@H](NC(=O)OC1CCCC1)C(C)(C)C)C(=O)NS(=O)(=O)CC. The molecule has 1 aliphatic heterocycles. The third-order valence-electron chi connectivity index (χ3n) is 9.50. The average molecular weight is 718 g/mol. The van der Waals surface area contributed by atoms with Crippen LogP contribution in [-0.4, -0.2) is 88.2 Å². The maximum absolute atomic E-state index is 14.4. The number of carbonyl (C=O) groups excluding carboxylic acids is 4. The summed E-state index contributed by atoms with van der Waals surface area (Å²) in [6, 6.07) is 4.43. The van der Waals surface area contributed by atoms with Gasteiger partial charge in [-0.05, 0) is 56.6 Å². The molecular weight excluding hydrogens is 674 g/mol. The van der Waals surface area contributed by atoms with E-state index in [4.69, 9.17) is 16.3 Å². The van der Waals surface area contributed by atoms with Gasteiger partial charge in [0.1, 0.15) is 29.4 Å². The minimum Gasteiger partial charge on any atom is -0.446 e. The van der Waals surface area contributed by atoms with E-state index in [9.17, 15) is 27.6 Å². The molecule has 2 heterocycles. The van der Waals surface area contributed by atoms with Crippen LogP contribution in [-0.2, 0) is 29.1 Å². The molecule has 1 aromatic heterocycles. The zero-order valence-electron chi connectivity index (χ0n) is 28.1. The molecule has 2 aromatic rings. The van der Waals surface area contributed by atoms with Gasteiger partial charge in [-0.15, -0.1) is 11.7 Å². The number of ether oxygens (including phenoxy) is 1. The van der Waals surface area contributed by atoms with E-state index in [-0.39, 0.29) is 31.2 Å². The predicted octanol–water partition coefficient (Wildman–Crippen LogP) is 3.35. The Labute approximate surface area is 291 Å². The smallest absolute Gasteiger partial charge is 0.408 e. The lowest BCUT2D eigenvalue weighted by molar-refractivity contribution is -0.142. The fourth-order valence-electron chi connectivity index (χ4n) is 6.50. The van der Waals surface area contributed by atoms with E-state index in [1.54, 1.807) is 49.8 Å². The summed E-state index contributed by atoms with van der Waals surface area (Å²) in [4.78, 5) is 56.2. The Balaban J connectivity index is 1.43. The Morgan fingerprint density at radius 2 is 1.92 bits per heavy atom. The van der Waals surface area contributed by atoms with Gasteiger partial charge >= 0.3 is 6.09 Å². The highest BCUT2D eigenvalue weighted by atomic mass is 35.5. The molecule has 5 rings (SSSR count). The van der Waals surface area contributed by atoms with E-state index in [1.165, 1.54) is 17.9 Å². The van der Waals surface area contributed by atoms with Gasteiger partial charge in [-0.3, -0.25) is 19.1 Å². The lowest BCUT2D eigenvalue weighted by Gasteiger charge is -2.35. The van der Waals surface area contributed by atoms with Crippen LogP contribution in [0.5, 0.6) is 0 Å². The van der Waals surface area contributed by atoms with Gasteiger partial charge < -0.3 is 20.3 Å². The second-order valence-electron chi connectivity index (χ2n) is 14.1. The first-order valence-electron chi connectivity index (χ1n) is 16.5. The van der Waals surface area contributed by atoms with Gasteiger partial charge in [-0.25, -0.2) is 17.9 Å². The molecule has 1 aromatic carbocycles. The summed E-state index contributed by atoms with van der Waals surface area (Å²) in [5, 5.41) is 14.6. The fourth-order valence-corrected chi connectivity index (χ4v) is 7.30. The van der Waals surface area contributed by atoms with Crippen LogP contribution in [0.4, 0.5) is 4.79 Å². The molecule has 3 N–H and O–H groups in total. The first kappa shape index (κ1) is 36.3. The first-order chi connectivity index (χ1) is 23.1. The van der Waals surface area contributed by atoms with Gasteiger partial charge in [0, 0.05) is 29.5 Å². The van der Waals surface area contributed by atoms with E-state index in [0.29, 0.717) is 10.7 Å². The normalized spacial score (nSPS) is 24.6. The van der Waals surface area contributed by atoms with Crippen molar-refractivity contribution in [2.24, 2.45) is 11.3 Å². The van der Waals surface area contributed by atoms with E-state index in [2.05, 4.69) is 27.5 Å². The zero-order valence-corrected chi connectivity index (χ0v) is 29.7. The number of rotatable bonds is 11. The lowest BCUT2D eigenvalue weighted by Crippen LogP contribution is -2.60. The fraction of sp³-hybridized carbons (Fsp3) is 0.576. The van der Waals surface area contributed by atoms with E-state index in [0.717, 1.165) is 31.2 Å². The number of nitrogens with one attached hydrogen (secondary N) is 3. The molecule has 14 nitrogen and oxygen atoms in total. The number of benzene rings is 1. The second kappa shape index (κ2) is 14.1. The van der Waals surface area contributed by atoms with Crippen LogP contribution in [0.3, 0.4) is 0 Å². The molecule has 49 heavy (non-hydrogen) atoms. The number of sulfonamides is 1. The number of alkyl carbamates (subject to hydrolysis) is 1. The molecule has 4 amide bonds. The Hall–Kier alpha value is -3.98. The number of likely N-dealkylation sites (tertiary alicyclic amines) is 1. The number of amides is 4. The Bertz CT molecular complexity index is 1720. The molecule has 0 bridgehead atoms. The van der Waals surface area contributed by atoms with Crippen molar-refractivity contribution >= 4 is 45.4 Å². The van der Waals surface area contributed by atoms with Gasteiger partial charge in [-0.1, -0.05) is 55.8 Å². The van der Waals surface area contributed by atoms with Crippen LogP contribution in [0.1, 0.15) is 72.3 Å². The molecule has 2 saturated carbocycles. The van der Waals surface area contributed by atoms with Crippen molar-refractivity contribution in [3.8, 4) is 11.3 Å². The van der Waals surface area contributed by atoms with Crippen molar-refractivity contribution in [1.29, 1.82) is 0 Å². The molecule has 3 aliphatic rings. The van der Waals surface area contributed by atoms with Gasteiger partial charge in [0.15, 0.2) is 0 Å². The third kappa shape index (κ3) is 8.09. The number of nitrogens with zero attached hydrogens (tertiary/aromatic N) is 4. The van der Waals surface area contributed by atoms with Crippen molar-refractivity contribution in [3.63, 3.8) is 0 Å². The molecule has 16 heteroatoms. The van der Waals surface area contributed by atoms with E-state index in [1.807, 2.05) is 10.8 Å². The highest BCUT2D eigenvalue weighted by Gasteiger charge is 2.61. The molecule has 1 saturated heterocycles. The van der Waals surface area contributed by atoms with Crippen LogP contribution in [0.15, 0.2) is 43.1 Å². The summed E-state index contributed by atoms with van der Waals surface area (Å²) in [5.74, 6) is -2.88. The number of halogens is 1. The summed E-state index contributed by atoms with van der Waals surface area (Å²) < 4.78 is 33.8. The third-order valence-corrected chi connectivity index (χ3v) is 11.0. The topological polar surface area (TPSA) is 182 Å². The van der Waals surface area contributed by atoms with Crippen molar-refractivity contribution in [3.05, 3.63) is 48.1 Å². The van der Waals surface area contributed by atoms with Crippen LogP contribution in [0.2, 0.25) is 5.02 Å². The minimum atomic E-state index is -3.92. The van der Waals surface area contributed by atoms with Crippen LogP contribution in [0.25, 0.3) is 11.3 Å². The molecule has 0 spiro atoms. The summed E-state index contributed by atoms with van der Waals surface area (Å²) in [5.41, 5.74) is -1.06. The molecule has 266 valence electrons. The summed E-state index contributed by atoms with van der Waals surface area (Å²) in [7, 11) is -3.92. The molecule has 0 unspecified atom stereocenters. The van der Waals surface area contributed by atoms with E-state index >= 15 is 0 Å². The van der Waals surface area contributed by atoms with Crippen molar-refractivity contribution in [1.82, 2.24) is 35.2 Å². The molecule has 5 atom stereocenters. The highest BCUT2D eigenvalue weighted by Crippen LogP contribution is 2.45. The first-order valence-corrected chi connectivity index (χ1v) is 18.5. The number of carbonyl (C=O) groups is 4. The van der Waals surface area contributed by atoms with Crippen molar-refractivity contribution in [2.75, 3.05) is 12.3 Å². The monoisotopic (exact) mass is 717 g/mol. The summed E-state index contributed by atoms with van der Waals surface area (Å²) >= 11 is 6.18. The van der Waals surface area contributed by atoms with Crippen LogP contribution < -0.4 is 15.4 Å². The van der Waals surface area contributed by atoms with Crippen molar-refractivity contribution < 1.29 is 32.3 Å². The Morgan fingerprint density at radius 3 is 2.53 bits per heavy atom. The second-order valence-corrected chi connectivity index (χ2v) is 16.5. The average Bonchev–Trinajstić information content (AvgIpc) is 3.50. The number of hydrogen-bond donors (Lipinski definition) is 3. The Morgan fingerprint density at radius 1 is 1.20 bits per heavy atom. The van der Waals surface area contributed by atoms with Crippen LogP contribution >= 0.6 is 11.6 Å². The molecule has 2 aliphatic carbocycles. The predicted molar refractivity (Wildman–Crippen MR) is 182 cm³/mol. The zero-order chi connectivity index (χ0) is 35.7. The van der Waals surface area contributed by atoms with Crippen LogP contribution in [0, 0.1) is 11.3 Å². The van der Waals surface area contributed by atoms with Crippen molar-refractivity contribution in [2.45, 2.75) is 96.0 Å².